The van der Waals surface area contributed by atoms with Gasteiger partial charge in [0.2, 0.25) is 5.91 Å². The Morgan fingerprint density at radius 2 is 2.26 bits per heavy atom. The maximum Gasteiger partial charge on any atom is 0.306 e. The van der Waals surface area contributed by atoms with Gasteiger partial charge in [0.1, 0.15) is 5.76 Å². The van der Waals surface area contributed by atoms with Crippen molar-refractivity contribution in [2.75, 3.05) is 0 Å². The van der Waals surface area contributed by atoms with Crippen LogP contribution in [0, 0.1) is 24.7 Å². The number of aryl methyl sites for hydroxylation is 1. The summed E-state index contributed by atoms with van der Waals surface area (Å²) in [5, 5.41) is 11.8. The number of carboxylic acid groups (broad SMARTS) is 1. The molecule has 1 aromatic rings. The summed E-state index contributed by atoms with van der Waals surface area (Å²) < 4.78 is 5.24. The number of carbonyl (C=O) groups is 2. The third-order valence-corrected chi connectivity index (χ3v) is 3.90. The zero-order chi connectivity index (χ0) is 13.6. The van der Waals surface area contributed by atoms with Gasteiger partial charge in [-0.05, 0) is 24.7 Å². The Morgan fingerprint density at radius 3 is 2.84 bits per heavy atom. The van der Waals surface area contributed by atoms with E-state index in [0.29, 0.717) is 17.6 Å². The molecular formula is C13H16N2O4. The van der Waals surface area contributed by atoms with E-state index in [0.717, 1.165) is 12.8 Å². The standard InChI is InChI=1S/C13H16N2O4/c1-6-14-5-7(19-6)2-12(16)15-11-4-9(11)8-3-10(8)13(17)18/h5,8-11H,2-4H2,1H3,(H,15,16)(H,17,18)/t8-,9+,10-,11+/m0/s1. The van der Waals surface area contributed by atoms with Crippen LogP contribution in [0.15, 0.2) is 10.6 Å². The van der Waals surface area contributed by atoms with E-state index >= 15 is 0 Å². The van der Waals surface area contributed by atoms with Crippen LogP contribution in [0.3, 0.4) is 0 Å². The van der Waals surface area contributed by atoms with E-state index in [1.807, 2.05) is 0 Å². The molecule has 2 saturated carbocycles. The van der Waals surface area contributed by atoms with Gasteiger partial charge in [0.15, 0.2) is 5.89 Å². The number of amides is 1. The van der Waals surface area contributed by atoms with Gasteiger partial charge in [0.05, 0.1) is 18.5 Å². The van der Waals surface area contributed by atoms with Crippen LogP contribution < -0.4 is 5.32 Å². The van der Waals surface area contributed by atoms with Crippen LogP contribution in [0.25, 0.3) is 0 Å². The molecule has 0 radical (unpaired) electrons. The maximum atomic E-state index is 11.8. The Hall–Kier alpha value is -1.85. The number of carboxylic acids is 1. The summed E-state index contributed by atoms with van der Waals surface area (Å²) in [6.45, 7) is 1.73. The normalized spacial score (nSPS) is 31.8. The number of aromatic nitrogens is 1. The van der Waals surface area contributed by atoms with Crippen molar-refractivity contribution in [1.82, 2.24) is 10.3 Å². The zero-order valence-corrected chi connectivity index (χ0v) is 10.6. The van der Waals surface area contributed by atoms with E-state index in [-0.39, 0.29) is 30.2 Å². The number of carbonyl (C=O) groups excluding carboxylic acids is 1. The molecule has 0 aromatic carbocycles. The highest BCUT2D eigenvalue weighted by molar-refractivity contribution is 5.78. The quantitative estimate of drug-likeness (QED) is 0.818. The second-order valence-corrected chi connectivity index (χ2v) is 5.44. The van der Waals surface area contributed by atoms with E-state index in [2.05, 4.69) is 10.3 Å². The fourth-order valence-electron chi connectivity index (χ4n) is 2.73. The average molecular weight is 264 g/mol. The molecule has 6 heteroatoms. The van der Waals surface area contributed by atoms with E-state index in [1.165, 1.54) is 0 Å². The minimum atomic E-state index is -0.709. The molecule has 19 heavy (non-hydrogen) atoms. The minimum Gasteiger partial charge on any atom is -0.481 e. The first kappa shape index (κ1) is 12.2. The molecular weight excluding hydrogens is 248 g/mol. The summed E-state index contributed by atoms with van der Waals surface area (Å²) in [4.78, 5) is 26.5. The van der Waals surface area contributed by atoms with Gasteiger partial charge >= 0.3 is 5.97 Å². The first-order valence-corrected chi connectivity index (χ1v) is 6.48. The number of nitrogens with one attached hydrogen (secondary N) is 1. The lowest BCUT2D eigenvalue weighted by molar-refractivity contribution is -0.138. The van der Waals surface area contributed by atoms with Crippen molar-refractivity contribution in [2.24, 2.45) is 17.8 Å². The molecule has 2 aliphatic carbocycles. The van der Waals surface area contributed by atoms with Gasteiger partial charge in [-0.15, -0.1) is 0 Å². The monoisotopic (exact) mass is 264 g/mol. The lowest BCUT2D eigenvalue weighted by Gasteiger charge is -2.02. The molecule has 4 atom stereocenters. The number of hydrogen-bond donors (Lipinski definition) is 2. The summed E-state index contributed by atoms with van der Waals surface area (Å²) in [6.07, 6.45) is 3.40. The molecule has 0 spiro atoms. The molecule has 6 nitrogen and oxygen atoms in total. The van der Waals surface area contributed by atoms with Crippen molar-refractivity contribution in [2.45, 2.75) is 32.2 Å². The third-order valence-electron chi connectivity index (χ3n) is 3.90. The molecule has 0 saturated heterocycles. The van der Waals surface area contributed by atoms with Gasteiger partial charge in [-0.1, -0.05) is 0 Å². The van der Waals surface area contributed by atoms with Crippen LogP contribution in [0.2, 0.25) is 0 Å². The maximum absolute atomic E-state index is 11.8. The number of oxazole rings is 1. The SMILES string of the molecule is Cc1ncc(CC(=O)N[C@@H]2C[C@@H]2[C@@H]2C[C@@H]2C(=O)O)o1. The zero-order valence-electron chi connectivity index (χ0n) is 10.6. The van der Waals surface area contributed by atoms with Crippen molar-refractivity contribution in [3.05, 3.63) is 17.8 Å². The molecule has 1 amide bonds. The highest BCUT2D eigenvalue weighted by Gasteiger charge is 2.56. The van der Waals surface area contributed by atoms with Gasteiger partial charge < -0.3 is 14.8 Å². The van der Waals surface area contributed by atoms with E-state index in [4.69, 9.17) is 9.52 Å². The van der Waals surface area contributed by atoms with Crippen molar-refractivity contribution in [1.29, 1.82) is 0 Å². The van der Waals surface area contributed by atoms with Crippen LogP contribution >= 0.6 is 0 Å². The lowest BCUT2D eigenvalue weighted by atomic mass is 10.2. The Balaban J connectivity index is 1.44. The number of hydrogen-bond acceptors (Lipinski definition) is 4. The van der Waals surface area contributed by atoms with Crippen LogP contribution in [0.5, 0.6) is 0 Å². The first-order chi connectivity index (χ1) is 9.04. The second-order valence-electron chi connectivity index (χ2n) is 5.44. The Labute approximate surface area is 110 Å². The van der Waals surface area contributed by atoms with E-state index in [1.54, 1.807) is 13.1 Å². The molecule has 0 aliphatic heterocycles. The summed E-state index contributed by atoms with van der Waals surface area (Å²) in [6, 6.07) is 0.144. The molecule has 2 N–H and O–H groups in total. The van der Waals surface area contributed by atoms with Crippen LogP contribution in [-0.2, 0) is 16.0 Å². The van der Waals surface area contributed by atoms with Crippen molar-refractivity contribution in [3.63, 3.8) is 0 Å². The second kappa shape index (κ2) is 4.36. The molecule has 3 rings (SSSR count). The van der Waals surface area contributed by atoms with Crippen LogP contribution in [0.4, 0.5) is 0 Å². The number of rotatable bonds is 5. The number of nitrogens with zero attached hydrogens (tertiary/aromatic N) is 1. The molecule has 0 unspecified atom stereocenters. The Morgan fingerprint density at radius 1 is 1.47 bits per heavy atom. The van der Waals surface area contributed by atoms with Gasteiger partial charge in [-0.2, -0.15) is 0 Å². The highest BCUT2D eigenvalue weighted by atomic mass is 16.4. The van der Waals surface area contributed by atoms with Crippen molar-refractivity contribution in [3.8, 4) is 0 Å². The number of aliphatic carboxylic acids is 1. The topological polar surface area (TPSA) is 92.4 Å². The van der Waals surface area contributed by atoms with Crippen molar-refractivity contribution < 1.29 is 19.1 Å². The lowest BCUT2D eigenvalue weighted by Crippen LogP contribution is -2.28. The van der Waals surface area contributed by atoms with Gasteiger partial charge in [0, 0.05) is 13.0 Å². The predicted molar refractivity (Wildman–Crippen MR) is 64.2 cm³/mol. The fourth-order valence-corrected chi connectivity index (χ4v) is 2.73. The predicted octanol–water partition coefficient (Wildman–Crippen LogP) is 0.751. The highest BCUT2D eigenvalue weighted by Crippen LogP contribution is 2.54. The molecule has 2 aliphatic rings. The molecule has 1 heterocycles. The summed E-state index contributed by atoms with van der Waals surface area (Å²) >= 11 is 0. The Bertz CT molecular complexity index is 524. The van der Waals surface area contributed by atoms with Gasteiger partial charge in [0.25, 0.3) is 0 Å². The largest absolute Gasteiger partial charge is 0.481 e. The third kappa shape index (κ3) is 2.62. The van der Waals surface area contributed by atoms with Gasteiger partial charge in [-0.25, -0.2) is 4.98 Å². The van der Waals surface area contributed by atoms with Crippen LogP contribution in [0.1, 0.15) is 24.5 Å². The smallest absolute Gasteiger partial charge is 0.306 e. The molecule has 0 bridgehead atoms. The van der Waals surface area contributed by atoms with E-state index in [9.17, 15) is 9.59 Å². The minimum absolute atomic E-state index is 0.0869. The van der Waals surface area contributed by atoms with Crippen molar-refractivity contribution >= 4 is 11.9 Å². The average Bonchev–Trinajstić information content (AvgIpc) is 3.18. The first-order valence-electron chi connectivity index (χ1n) is 6.48. The fraction of sp³-hybridized carbons (Fsp3) is 0.615. The molecule has 1 aromatic heterocycles. The Kier molecular flexibility index (Phi) is 2.80. The summed E-state index contributed by atoms with van der Waals surface area (Å²) in [7, 11) is 0. The molecule has 102 valence electrons. The van der Waals surface area contributed by atoms with E-state index < -0.39 is 5.97 Å². The van der Waals surface area contributed by atoms with Gasteiger partial charge in [-0.3, -0.25) is 9.59 Å². The molecule has 2 fully saturated rings. The summed E-state index contributed by atoms with van der Waals surface area (Å²) in [5.74, 6) is 0.729. The summed E-state index contributed by atoms with van der Waals surface area (Å²) in [5.41, 5.74) is 0. The van der Waals surface area contributed by atoms with Crippen LogP contribution in [-0.4, -0.2) is 28.0 Å².